The van der Waals surface area contributed by atoms with Gasteiger partial charge < -0.3 is 10.1 Å². The first-order chi connectivity index (χ1) is 20.2. The van der Waals surface area contributed by atoms with Crippen LogP contribution in [0.25, 0.3) is 22.3 Å². The second kappa shape index (κ2) is 10.9. The average Bonchev–Trinajstić information content (AvgIpc) is 3.85. The zero-order chi connectivity index (χ0) is 29.6. The first kappa shape index (κ1) is 28.0. The Hall–Kier alpha value is -4.13. The molecule has 0 saturated heterocycles. The minimum atomic E-state index is -4.54. The number of hydrogen-bond donors (Lipinski definition) is 1. The zero-order valence-corrected chi connectivity index (χ0v) is 22.8. The van der Waals surface area contributed by atoms with E-state index in [1.54, 1.807) is 36.5 Å². The maximum Gasteiger partial charge on any atom is 0.251 e. The van der Waals surface area contributed by atoms with Crippen LogP contribution in [0.15, 0.2) is 53.6 Å². The molecule has 13 heteroatoms. The van der Waals surface area contributed by atoms with Crippen molar-refractivity contribution in [1.82, 2.24) is 20.3 Å². The van der Waals surface area contributed by atoms with Crippen LogP contribution in [0, 0.1) is 5.82 Å². The maximum atomic E-state index is 14.7. The Bertz CT molecular complexity index is 1820. The lowest BCUT2D eigenvalue weighted by Gasteiger charge is -2.12. The normalized spacial score (nSPS) is 18.5. The number of hydrogen-bond acceptors (Lipinski definition) is 7. The second-order valence-electron chi connectivity index (χ2n) is 10.2. The largest absolute Gasteiger partial charge is 0.489 e. The summed E-state index contributed by atoms with van der Waals surface area (Å²) in [6.07, 6.45) is 1.11. The average molecular weight is 601 g/mol. The van der Waals surface area contributed by atoms with Gasteiger partial charge in [0, 0.05) is 35.0 Å². The number of nitrogens with one attached hydrogen (secondary N) is 1. The molecule has 2 aliphatic rings. The summed E-state index contributed by atoms with van der Waals surface area (Å²) in [5.74, 6) is -2.39. The highest BCUT2D eigenvalue weighted by atomic mass is 32.2. The predicted octanol–water partition coefficient (Wildman–Crippen LogP) is 5.47. The molecule has 6 rings (SSSR count). The van der Waals surface area contributed by atoms with Crippen molar-refractivity contribution in [2.45, 2.75) is 48.3 Å². The number of rotatable bonds is 7. The van der Waals surface area contributed by atoms with Crippen LogP contribution in [0.2, 0.25) is 0 Å². The molecule has 4 aromatic rings. The number of sulfone groups is 1. The lowest BCUT2D eigenvalue weighted by atomic mass is 10.0. The summed E-state index contributed by atoms with van der Waals surface area (Å²) in [6.45, 7) is -1.54. The molecule has 1 N–H and O–H groups in total. The van der Waals surface area contributed by atoms with E-state index < -0.39 is 57.0 Å². The van der Waals surface area contributed by atoms with Crippen molar-refractivity contribution in [2.75, 3.05) is 13.3 Å². The van der Waals surface area contributed by atoms with Crippen LogP contribution in [0.3, 0.4) is 0 Å². The molecule has 1 fully saturated rings. The summed E-state index contributed by atoms with van der Waals surface area (Å²) < 4.78 is 86.1. The van der Waals surface area contributed by atoms with Gasteiger partial charge in [-0.3, -0.25) is 14.8 Å². The highest BCUT2D eigenvalue weighted by Gasteiger charge is 2.36. The summed E-state index contributed by atoms with van der Waals surface area (Å²) in [6, 6.07) is 10.1. The third-order valence-electron chi connectivity index (χ3n) is 7.22. The summed E-state index contributed by atoms with van der Waals surface area (Å²) in [4.78, 5) is 25.7. The van der Waals surface area contributed by atoms with E-state index in [-0.39, 0.29) is 30.2 Å². The number of halogens is 4. The van der Waals surface area contributed by atoms with Gasteiger partial charge in [0.25, 0.3) is 5.91 Å². The minimum Gasteiger partial charge on any atom is -0.489 e. The highest BCUT2D eigenvalue weighted by molar-refractivity contribution is 7.92. The second-order valence-corrected chi connectivity index (χ2v) is 12.2. The number of nitrogens with zero attached hydrogens (tertiary/aromatic N) is 3. The molecule has 218 valence electrons. The van der Waals surface area contributed by atoms with E-state index in [0.29, 0.717) is 33.7 Å². The van der Waals surface area contributed by atoms with E-state index in [0.717, 1.165) is 25.0 Å². The lowest BCUT2D eigenvalue weighted by molar-refractivity contribution is 0.0949. The van der Waals surface area contributed by atoms with Gasteiger partial charge in [-0.1, -0.05) is 6.07 Å². The van der Waals surface area contributed by atoms with E-state index >= 15 is 0 Å². The monoisotopic (exact) mass is 600 g/mol. The molecule has 0 bridgehead atoms. The summed E-state index contributed by atoms with van der Waals surface area (Å²) in [7, 11) is -4.54. The molecule has 1 aliphatic heterocycles. The molecule has 0 unspecified atom stereocenters. The quantitative estimate of drug-likeness (QED) is 0.280. The number of pyridine rings is 3. The summed E-state index contributed by atoms with van der Waals surface area (Å²) in [5, 5.41) is 3.26. The van der Waals surface area contributed by atoms with Crippen molar-refractivity contribution in [3.8, 4) is 17.1 Å². The van der Waals surface area contributed by atoms with Gasteiger partial charge in [0.15, 0.2) is 17.7 Å². The van der Waals surface area contributed by atoms with Crippen molar-refractivity contribution >= 4 is 26.6 Å². The van der Waals surface area contributed by atoms with Gasteiger partial charge in [0.1, 0.15) is 11.6 Å². The Morgan fingerprint density at radius 1 is 1.07 bits per heavy atom. The number of aromatic nitrogens is 3. The molecule has 0 radical (unpaired) electrons. The van der Waals surface area contributed by atoms with Crippen LogP contribution in [0.4, 0.5) is 17.6 Å². The molecule has 0 spiro atoms. The van der Waals surface area contributed by atoms with Gasteiger partial charge in [0.2, 0.25) is 15.3 Å². The summed E-state index contributed by atoms with van der Waals surface area (Å²) >= 11 is 0. The fourth-order valence-electron chi connectivity index (χ4n) is 4.83. The van der Waals surface area contributed by atoms with Crippen LogP contribution in [-0.4, -0.2) is 48.1 Å². The maximum absolute atomic E-state index is 14.7. The van der Waals surface area contributed by atoms with E-state index in [9.17, 15) is 30.8 Å². The molecule has 1 aromatic carbocycles. The topological polar surface area (TPSA) is 111 Å². The minimum absolute atomic E-state index is 0.101. The fourth-order valence-corrected chi connectivity index (χ4v) is 6.22. The third-order valence-corrected chi connectivity index (χ3v) is 9.05. The van der Waals surface area contributed by atoms with Gasteiger partial charge in [-0.25, -0.2) is 31.0 Å². The Labute approximate surface area is 238 Å². The van der Waals surface area contributed by atoms with Crippen LogP contribution in [0.1, 0.15) is 58.7 Å². The summed E-state index contributed by atoms with van der Waals surface area (Å²) in [5.41, 5.74) is 0.177. The number of benzene rings is 1. The SMILES string of the molecule is O=C(NCc1cc2nc(-c3ccc([C@@H](F)CF)c(C4CC4)n3)ccc2cn1)c1cc(F)c2c(c1)S(=O)(=O)[C@@H](F)CCO2. The zero-order valence-electron chi connectivity index (χ0n) is 22.0. The Morgan fingerprint density at radius 2 is 1.83 bits per heavy atom. The van der Waals surface area contributed by atoms with Gasteiger partial charge in [-0.05, 0) is 49.2 Å². The Morgan fingerprint density at radius 3 is 2.60 bits per heavy atom. The third kappa shape index (κ3) is 5.28. The number of ether oxygens (including phenoxy) is 1. The van der Waals surface area contributed by atoms with E-state index in [4.69, 9.17) is 4.74 Å². The van der Waals surface area contributed by atoms with Crippen LogP contribution in [0.5, 0.6) is 5.75 Å². The number of alkyl halides is 3. The smallest absolute Gasteiger partial charge is 0.251 e. The molecule has 3 aromatic heterocycles. The van der Waals surface area contributed by atoms with Gasteiger partial charge in [0.05, 0.1) is 41.4 Å². The Kier molecular flexibility index (Phi) is 7.29. The van der Waals surface area contributed by atoms with E-state index in [1.165, 1.54) is 0 Å². The first-order valence-corrected chi connectivity index (χ1v) is 14.8. The van der Waals surface area contributed by atoms with Crippen molar-refractivity contribution in [3.63, 3.8) is 0 Å². The van der Waals surface area contributed by atoms with Crippen molar-refractivity contribution in [1.29, 1.82) is 0 Å². The van der Waals surface area contributed by atoms with Gasteiger partial charge in [-0.15, -0.1) is 0 Å². The molecule has 8 nitrogen and oxygen atoms in total. The van der Waals surface area contributed by atoms with Crippen molar-refractivity contribution < 1.29 is 35.5 Å². The first-order valence-electron chi connectivity index (χ1n) is 13.2. The number of fused-ring (bicyclic) bond motifs is 2. The molecule has 4 heterocycles. The predicted molar refractivity (Wildman–Crippen MR) is 144 cm³/mol. The van der Waals surface area contributed by atoms with Crippen molar-refractivity contribution in [2.24, 2.45) is 0 Å². The molecule has 1 aliphatic carbocycles. The number of carbonyl (C=O) groups is 1. The van der Waals surface area contributed by atoms with Crippen LogP contribution >= 0.6 is 0 Å². The van der Waals surface area contributed by atoms with Gasteiger partial charge >= 0.3 is 0 Å². The van der Waals surface area contributed by atoms with Gasteiger partial charge in [-0.2, -0.15) is 0 Å². The number of carbonyl (C=O) groups excluding carboxylic acids is 1. The molecule has 1 saturated carbocycles. The Balaban J connectivity index is 1.23. The molecule has 2 atom stereocenters. The number of amides is 1. The molecule has 1 amide bonds. The van der Waals surface area contributed by atoms with E-state index in [1.807, 2.05) is 0 Å². The van der Waals surface area contributed by atoms with E-state index in [2.05, 4.69) is 20.3 Å². The van der Waals surface area contributed by atoms with Crippen LogP contribution < -0.4 is 10.1 Å². The standard InChI is InChI=1S/C29H24F4N4O4S/c30-12-21(32)19-4-6-23(37-27(19)15-1-2-15)22-5-3-16-13-34-18(11-24(16)36-22)14-35-29(38)17-9-20(31)28-25(10-17)42(39,40)26(33)7-8-41-28/h3-6,9-11,13,15,21,26H,1-2,7-8,12,14H2,(H,35,38)/t21-,26+/m0/s1. The van der Waals surface area contributed by atoms with Crippen molar-refractivity contribution in [3.05, 3.63) is 77.0 Å². The molecular weight excluding hydrogens is 576 g/mol. The molecular formula is C29H24F4N4O4S. The molecule has 42 heavy (non-hydrogen) atoms. The fraction of sp³-hybridized carbons (Fsp3) is 0.310. The highest BCUT2D eigenvalue weighted by Crippen LogP contribution is 2.43. The lowest BCUT2D eigenvalue weighted by Crippen LogP contribution is -2.24. The van der Waals surface area contributed by atoms with Crippen LogP contribution in [-0.2, 0) is 16.4 Å².